The Labute approximate surface area is 212 Å². The summed E-state index contributed by atoms with van der Waals surface area (Å²) in [6.45, 7) is 8.73. The van der Waals surface area contributed by atoms with Gasteiger partial charge in [-0.3, -0.25) is 4.90 Å². The standard InChI is InChI=1S/C25H30F3N7O2/c1-23(34-6-8-37-9-7-34)14-33(15-23)20-19-13-29-35(18-5-3-4-16(10-18)25(26,27)28)21(19)32-22(31-20)30-17-11-24(2,36)12-17/h3-5,10,13,17,36H,6-9,11-12,14-15H2,1-2H3,(H,30,31,32)/t17-,24-. The number of rotatable bonds is 5. The van der Waals surface area contributed by atoms with Gasteiger partial charge in [-0.25, -0.2) is 4.68 Å². The average molecular weight is 518 g/mol. The predicted octanol–water partition coefficient (Wildman–Crippen LogP) is 3.07. The van der Waals surface area contributed by atoms with Crippen LogP contribution in [0.3, 0.4) is 0 Å². The molecule has 198 valence electrons. The summed E-state index contributed by atoms with van der Waals surface area (Å²) in [7, 11) is 0. The third-order valence-corrected chi connectivity index (χ3v) is 7.67. The minimum atomic E-state index is -4.46. The van der Waals surface area contributed by atoms with Crippen LogP contribution in [-0.4, -0.2) is 86.3 Å². The fourth-order valence-electron chi connectivity index (χ4n) is 5.72. The van der Waals surface area contributed by atoms with Crippen molar-refractivity contribution >= 4 is 22.8 Å². The summed E-state index contributed by atoms with van der Waals surface area (Å²) >= 11 is 0. The van der Waals surface area contributed by atoms with Crippen LogP contribution < -0.4 is 10.2 Å². The molecule has 3 aliphatic rings. The van der Waals surface area contributed by atoms with Crippen LogP contribution in [0.15, 0.2) is 30.5 Å². The zero-order valence-corrected chi connectivity index (χ0v) is 20.8. The minimum Gasteiger partial charge on any atom is -0.390 e. The molecular weight excluding hydrogens is 487 g/mol. The number of benzene rings is 1. The van der Waals surface area contributed by atoms with Crippen LogP contribution in [0.4, 0.5) is 24.9 Å². The van der Waals surface area contributed by atoms with Crippen LogP contribution in [-0.2, 0) is 10.9 Å². The van der Waals surface area contributed by atoms with Crippen molar-refractivity contribution in [3.05, 3.63) is 36.0 Å². The summed E-state index contributed by atoms with van der Waals surface area (Å²) in [6.07, 6.45) is -1.72. The number of fused-ring (bicyclic) bond motifs is 1. The lowest BCUT2D eigenvalue weighted by molar-refractivity contribution is -0.137. The van der Waals surface area contributed by atoms with Crippen molar-refractivity contribution in [2.45, 2.75) is 50.0 Å². The van der Waals surface area contributed by atoms with Gasteiger partial charge in [-0.2, -0.15) is 28.2 Å². The number of hydrogen-bond donors (Lipinski definition) is 2. The normalized spacial score (nSPS) is 26.1. The molecule has 3 fully saturated rings. The zero-order chi connectivity index (χ0) is 26.0. The van der Waals surface area contributed by atoms with Crippen molar-refractivity contribution in [1.82, 2.24) is 24.6 Å². The molecule has 2 aliphatic heterocycles. The molecule has 2 N–H and O–H groups in total. The molecule has 0 unspecified atom stereocenters. The lowest BCUT2D eigenvalue weighted by Gasteiger charge is -2.55. The Morgan fingerprint density at radius 3 is 2.51 bits per heavy atom. The number of anilines is 2. The molecule has 2 aromatic heterocycles. The monoisotopic (exact) mass is 517 g/mol. The van der Waals surface area contributed by atoms with Crippen LogP contribution in [0.2, 0.25) is 0 Å². The summed E-state index contributed by atoms with van der Waals surface area (Å²) in [4.78, 5) is 14.1. The van der Waals surface area contributed by atoms with E-state index in [0.717, 1.165) is 51.5 Å². The molecule has 4 heterocycles. The summed E-state index contributed by atoms with van der Waals surface area (Å²) < 4.78 is 47.1. The van der Waals surface area contributed by atoms with Crippen molar-refractivity contribution in [2.75, 3.05) is 49.6 Å². The van der Waals surface area contributed by atoms with Crippen LogP contribution in [0, 0.1) is 0 Å². The van der Waals surface area contributed by atoms with E-state index in [0.29, 0.717) is 35.6 Å². The topological polar surface area (TPSA) is 91.6 Å². The summed E-state index contributed by atoms with van der Waals surface area (Å²) in [5, 5.41) is 18.5. The number of aromatic nitrogens is 4. The second-order valence-electron chi connectivity index (χ2n) is 10.9. The first-order valence-corrected chi connectivity index (χ1v) is 12.5. The van der Waals surface area contributed by atoms with Gasteiger partial charge in [0.05, 0.1) is 47.2 Å². The molecule has 3 aromatic rings. The number of alkyl halides is 3. The van der Waals surface area contributed by atoms with Gasteiger partial charge in [0.1, 0.15) is 5.82 Å². The minimum absolute atomic E-state index is 0.0141. The van der Waals surface area contributed by atoms with Gasteiger partial charge in [-0.05, 0) is 44.9 Å². The highest BCUT2D eigenvalue weighted by molar-refractivity contribution is 5.89. The van der Waals surface area contributed by atoms with Gasteiger partial charge in [-0.1, -0.05) is 6.07 Å². The molecule has 0 spiro atoms. The SMILES string of the molecule is CC1(N2CCOCC2)CN(c2nc(N[C@H]3C[C@](C)(O)C3)nc3c2cnn3-c2cccc(C(F)(F)F)c2)C1. The van der Waals surface area contributed by atoms with E-state index in [1.54, 1.807) is 19.2 Å². The number of ether oxygens (including phenoxy) is 1. The molecule has 1 saturated carbocycles. The Bertz CT molecular complexity index is 1310. The van der Waals surface area contributed by atoms with E-state index < -0.39 is 17.3 Å². The quantitative estimate of drug-likeness (QED) is 0.534. The molecule has 37 heavy (non-hydrogen) atoms. The molecule has 0 radical (unpaired) electrons. The Hall–Kier alpha value is -2.96. The van der Waals surface area contributed by atoms with Crippen LogP contribution in [0.25, 0.3) is 16.7 Å². The Morgan fingerprint density at radius 2 is 1.84 bits per heavy atom. The maximum atomic E-state index is 13.4. The van der Waals surface area contributed by atoms with Crippen LogP contribution in [0.5, 0.6) is 0 Å². The van der Waals surface area contributed by atoms with Crippen LogP contribution in [0.1, 0.15) is 32.3 Å². The Balaban J connectivity index is 1.36. The third kappa shape index (κ3) is 4.51. The van der Waals surface area contributed by atoms with Gasteiger partial charge in [0.15, 0.2) is 5.65 Å². The molecule has 6 rings (SSSR count). The predicted molar refractivity (Wildman–Crippen MR) is 132 cm³/mol. The lowest BCUT2D eigenvalue weighted by atomic mass is 9.77. The highest BCUT2D eigenvalue weighted by Gasteiger charge is 2.45. The van der Waals surface area contributed by atoms with E-state index >= 15 is 0 Å². The van der Waals surface area contributed by atoms with Gasteiger partial charge in [0.2, 0.25) is 5.95 Å². The first-order valence-electron chi connectivity index (χ1n) is 12.5. The fraction of sp³-hybridized carbons (Fsp3) is 0.560. The summed E-state index contributed by atoms with van der Waals surface area (Å²) in [6, 6.07) is 5.08. The number of aliphatic hydroxyl groups is 1. The van der Waals surface area contributed by atoms with E-state index in [1.165, 1.54) is 10.7 Å². The highest BCUT2D eigenvalue weighted by Crippen LogP contribution is 2.38. The van der Waals surface area contributed by atoms with Gasteiger partial charge in [0, 0.05) is 32.2 Å². The largest absolute Gasteiger partial charge is 0.416 e. The maximum absolute atomic E-state index is 13.4. The Kier molecular flexibility index (Phi) is 5.62. The van der Waals surface area contributed by atoms with E-state index in [2.05, 4.69) is 32.1 Å². The van der Waals surface area contributed by atoms with Gasteiger partial charge in [-0.15, -0.1) is 0 Å². The molecule has 9 nitrogen and oxygen atoms in total. The molecule has 1 aliphatic carbocycles. The number of nitrogens with one attached hydrogen (secondary N) is 1. The van der Waals surface area contributed by atoms with Crippen molar-refractivity contribution in [2.24, 2.45) is 0 Å². The molecule has 0 bridgehead atoms. The smallest absolute Gasteiger partial charge is 0.390 e. The summed E-state index contributed by atoms with van der Waals surface area (Å²) in [5.74, 6) is 1.07. The second-order valence-corrected chi connectivity index (χ2v) is 10.9. The second kappa shape index (κ2) is 8.53. The van der Waals surface area contributed by atoms with Crippen molar-refractivity contribution in [3.63, 3.8) is 0 Å². The van der Waals surface area contributed by atoms with Crippen molar-refractivity contribution < 1.29 is 23.0 Å². The molecule has 0 amide bonds. The Morgan fingerprint density at radius 1 is 1.11 bits per heavy atom. The number of nitrogens with zero attached hydrogens (tertiary/aromatic N) is 6. The van der Waals surface area contributed by atoms with Gasteiger partial charge < -0.3 is 20.1 Å². The first kappa shape index (κ1) is 24.4. The van der Waals surface area contributed by atoms with Gasteiger partial charge >= 0.3 is 6.18 Å². The molecule has 0 atom stereocenters. The van der Waals surface area contributed by atoms with Crippen molar-refractivity contribution in [1.29, 1.82) is 0 Å². The number of morpholine rings is 1. The molecule has 1 aromatic carbocycles. The number of hydrogen-bond acceptors (Lipinski definition) is 8. The molecular formula is C25H30F3N7O2. The molecule has 2 saturated heterocycles. The third-order valence-electron chi connectivity index (χ3n) is 7.67. The zero-order valence-electron chi connectivity index (χ0n) is 20.8. The fourth-order valence-corrected chi connectivity index (χ4v) is 5.72. The molecule has 12 heteroatoms. The van der Waals surface area contributed by atoms with E-state index in [-0.39, 0.29) is 17.3 Å². The van der Waals surface area contributed by atoms with E-state index in [1.807, 2.05) is 0 Å². The lowest BCUT2D eigenvalue weighted by Crippen LogP contribution is -2.70. The first-order chi connectivity index (χ1) is 17.5. The maximum Gasteiger partial charge on any atom is 0.416 e. The van der Waals surface area contributed by atoms with E-state index in [9.17, 15) is 18.3 Å². The van der Waals surface area contributed by atoms with Crippen molar-refractivity contribution in [3.8, 4) is 5.69 Å². The number of halogens is 3. The van der Waals surface area contributed by atoms with E-state index in [4.69, 9.17) is 9.72 Å². The van der Waals surface area contributed by atoms with Crippen LogP contribution >= 0.6 is 0 Å². The van der Waals surface area contributed by atoms with Gasteiger partial charge in [0.25, 0.3) is 0 Å². The average Bonchev–Trinajstić information content (AvgIpc) is 3.24. The summed E-state index contributed by atoms with van der Waals surface area (Å²) in [5.41, 5.74) is -0.783. The highest BCUT2D eigenvalue weighted by atomic mass is 19.4.